The van der Waals surface area contributed by atoms with Gasteiger partial charge in [0.1, 0.15) is 0 Å². The molecule has 8 heteroatoms. The summed E-state index contributed by atoms with van der Waals surface area (Å²) >= 11 is 0. The molecule has 0 spiro atoms. The number of amides is 4. The van der Waals surface area contributed by atoms with Crippen LogP contribution in [0.4, 0.5) is 18.0 Å². The predicted molar refractivity (Wildman–Crippen MR) is 80.1 cm³/mol. The molecule has 0 aliphatic carbocycles. The SMILES string of the molecule is O=C1NC(c2ccccc2)(c2ccccc2)C(=O)N1C(=O)C(F)(F)F. The molecule has 5 nitrogen and oxygen atoms in total. The highest BCUT2D eigenvalue weighted by Crippen LogP contribution is 2.37. The highest BCUT2D eigenvalue weighted by atomic mass is 19.4. The lowest BCUT2D eigenvalue weighted by molar-refractivity contribution is -0.183. The van der Waals surface area contributed by atoms with Crippen molar-refractivity contribution in [3.63, 3.8) is 0 Å². The largest absolute Gasteiger partial charge is 0.472 e. The molecule has 0 radical (unpaired) electrons. The van der Waals surface area contributed by atoms with Crippen LogP contribution in [0.2, 0.25) is 0 Å². The molecule has 2 aromatic rings. The van der Waals surface area contributed by atoms with Crippen LogP contribution in [0.1, 0.15) is 11.1 Å². The molecule has 4 amide bonds. The van der Waals surface area contributed by atoms with E-state index < -0.39 is 29.6 Å². The Morgan fingerprint density at radius 2 is 1.32 bits per heavy atom. The summed E-state index contributed by atoms with van der Waals surface area (Å²) in [7, 11) is 0. The summed E-state index contributed by atoms with van der Waals surface area (Å²) in [5.41, 5.74) is -1.41. The number of hydrogen-bond donors (Lipinski definition) is 1. The van der Waals surface area contributed by atoms with Gasteiger partial charge in [-0.3, -0.25) is 9.59 Å². The molecular weight excluding hydrogens is 337 g/mol. The van der Waals surface area contributed by atoms with Gasteiger partial charge in [0.05, 0.1) is 0 Å². The number of nitrogens with one attached hydrogen (secondary N) is 1. The van der Waals surface area contributed by atoms with Crippen LogP contribution in [0.5, 0.6) is 0 Å². The van der Waals surface area contributed by atoms with Crippen molar-refractivity contribution in [1.29, 1.82) is 0 Å². The van der Waals surface area contributed by atoms with Gasteiger partial charge in [-0.05, 0) is 11.1 Å². The number of imide groups is 3. The molecule has 0 atom stereocenters. The number of urea groups is 1. The van der Waals surface area contributed by atoms with Gasteiger partial charge in [-0.2, -0.15) is 18.1 Å². The first kappa shape index (κ1) is 16.7. The van der Waals surface area contributed by atoms with Crippen LogP contribution in [0.3, 0.4) is 0 Å². The molecule has 0 bridgehead atoms. The van der Waals surface area contributed by atoms with E-state index in [4.69, 9.17) is 0 Å². The monoisotopic (exact) mass is 348 g/mol. The zero-order valence-electron chi connectivity index (χ0n) is 12.6. The van der Waals surface area contributed by atoms with E-state index in [0.29, 0.717) is 0 Å². The van der Waals surface area contributed by atoms with Gasteiger partial charge in [0.15, 0.2) is 5.54 Å². The van der Waals surface area contributed by atoms with Gasteiger partial charge in [0.25, 0.3) is 5.91 Å². The van der Waals surface area contributed by atoms with Gasteiger partial charge in [0, 0.05) is 0 Å². The maximum atomic E-state index is 12.8. The van der Waals surface area contributed by atoms with E-state index in [0.717, 1.165) is 0 Å². The van der Waals surface area contributed by atoms with Gasteiger partial charge >= 0.3 is 18.1 Å². The van der Waals surface area contributed by atoms with Gasteiger partial charge in [0.2, 0.25) is 0 Å². The highest BCUT2D eigenvalue weighted by molar-refractivity contribution is 6.20. The summed E-state index contributed by atoms with van der Waals surface area (Å²) in [6.45, 7) is 0. The second-order valence-corrected chi connectivity index (χ2v) is 5.36. The van der Waals surface area contributed by atoms with Gasteiger partial charge in [-0.1, -0.05) is 60.7 Å². The van der Waals surface area contributed by atoms with Crippen LogP contribution in [0.15, 0.2) is 60.7 Å². The number of hydrogen-bond acceptors (Lipinski definition) is 3. The van der Waals surface area contributed by atoms with Crippen molar-refractivity contribution in [3.05, 3.63) is 71.8 Å². The van der Waals surface area contributed by atoms with E-state index in [1.807, 2.05) is 0 Å². The normalized spacial score (nSPS) is 16.7. The Morgan fingerprint density at radius 3 is 1.72 bits per heavy atom. The fourth-order valence-electron chi connectivity index (χ4n) is 2.78. The molecule has 0 aromatic heterocycles. The molecule has 1 saturated heterocycles. The smallest absolute Gasteiger partial charge is 0.315 e. The van der Waals surface area contributed by atoms with E-state index in [1.165, 1.54) is 24.3 Å². The molecule has 128 valence electrons. The van der Waals surface area contributed by atoms with Crippen molar-refractivity contribution in [3.8, 4) is 0 Å². The summed E-state index contributed by atoms with van der Waals surface area (Å²) in [6.07, 6.45) is -5.35. The zero-order chi connectivity index (χ0) is 18.2. The Hall–Kier alpha value is -3.16. The summed E-state index contributed by atoms with van der Waals surface area (Å²) in [4.78, 5) is 36.1. The van der Waals surface area contributed by atoms with E-state index in [1.54, 1.807) is 36.4 Å². The molecule has 1 heterocycles. The van der Waals surface area contributed by atoms with Crippen LogP contribution in [-0.4, -0.2) is 28.9 Å². The van der Waals surface area contributed by atoms with Crippen LogP contribution >= 0.6 is 0 Å². The van der Waals surface area contributed by atoms with Crippen molar-refractivity contribution in [2.24, 2.45) is 0 Å². The molecule has 3 rings (SSSR count). The lowest BCUT2D eigenvalue weighted by Gasteiger charge is -2.27. The molecule has 1 fully saturated rings. The van der Waals surface area contributed by atoms with Crippen LogP contribution < -0.4 is 5.32 Å². The summed E-state index contributed by atoms with van der Waals surface area (Å²) in [5, 5.41) is 2.27. The second-order valence-electron chi connectivity index (χ2n) is 5.36. The molecule has 2 aromatic carbocycles. The topological polar surface area (TPSA) is 66.5 Å². The first-order valence-corrected chi connectivity index (χ1v) is 7.17. The maximum Gasteiger partial charge on any atom is 0.472 e. The third-order valence-electron chi connectivity index (χ3n) is 3.88. The minimum Gasteiger partial charge on any atom is -0.315 e. The van der Waals surface area contributed by atoms with Crippen LogP contribution in [0.25, 0.3) is 0 Å². The molecule has 0 unspecified atom stereocenters. The summed E-state index contributed by atoms with van der Waals surface area (Å²) < 4.78 is 38.3. The third kappa shape index (κ3) is 2.55. The van der Waals surface area contributed by atoms with Crippen molar-refractivity contribution in [2.45, 2.75) is 11.7 Å². The minimum atomic E-state index is -5.35. The van der Waals surface area contributed by atoms with E-state index in [2.05, 4.69) is 5.32 Å². The standard InChI is InChI=1S/C17H11F3N2O3/c18-17(19,20)14(24)22-13(23)16(21-15(22)25,11-7-3-1-4-8-11)12-9-5-2-6-10-12/h1-10H,(H,21,25). The predicted octanol–water partition coefficient (Wildman–Crippen LogP) is 2.57. The Labute approximate surface area is 140 Å². The molecule has 0 saturated carbocycles. The Bertz CT molecular complexity index is 796. The quantitative estimate of drug-likeness (QED) is 0.849. The number of benzene rings is 2. The summed E-state index contributed by atoms with van der Waals surface area (Å²) in [6, 6.07) is 14.2. The Balaban J connectivity index is 2.20. The van der Waals surface area contributed by atoms with Crippen molar-refractivity contribution in [1.82, 2.24) is 10.2 Å². The van der Waals surface area contributed by atoms with Crippen molar-refractivity contribution < 1.29 is 27.6 Å². The fraction of sp³-hybridized carbons (Fsp3) is 0.118. The molecule has 25 heavy (non-hydrogen) atoms. The average Bonchev–Trinajstić information content (AvgIpc) is 2.86. The Kier molecular flexibility index (Phi) is 3.82. The first-order chi connectivity index (χ1) is 11.8. The highest BCUT2D eigenvalue weighted by Gasteiger charge is 2.60. The van der Waals surface area contributed by atoms with E-state index in [-0.39, 0.29) is 16.0 Å². The Morgan fingerprint density at radius 1 is 0.880 bits per heavy atom. The van der Waals surface area contributed by atoms with E-state index in [9.17, 15) is 27.6 Å². The summed E-state index contributed by atoms with van der Waals surface area (Å²) in [5.74, 6) is -3.82. The maximum absolute atomic E-state index is 12.8. The van der Waals surface area contributed by atoms with Crippen LogP contribution in [-0.2, 0) is 15.1 Å². The minimum absolute atomic E-state index is 0.247. The zero-order valence-corrected chi connectivity index (χ0v) is 12.6. The number of nitrogens with zero attached hydrogens (tertiary/aromatic N) is 1. The molecule has 1 aliphatic heterocycles. The van der Waals surface area contributed by atoms with Crippen LogP contribution in [0, 0.1) is 0 Å². The molecule has 1 aliphatic rings. The van der Waals surface area contributed by atoms with Crippen molar-refractivity contribution in [2.75, 3.05) is 0 Å². The number of alkyl halides is 3. The van der Waals surface area contributed by atoms with Gasteiger partial charge in [-0.25, -0.2) is 4.79 Å². The number of rotatable bonds is 2. The molecular formula is C17H11F3N2O3. The number of carbonyl (C=O) groups is 3. The second kappa shape index (κ2) is 5.73. The first-order valence-electron chi connectivity index (χ1n) is 7.17. The number of carbonyl (C=O) groups excluding carboxylic acids is 3. The number of halogens is 3. The average molecular weight is 348 g/mol. The van der Waals surface area contributed by atoms with E-state index >= 15 is 0 Å². The molecule has 1 N–H and O–H groups in total. The lowest BCUT2D eigenvalue weighted by Crippen LogP contribution is -2.48. The van der Waals surface area contributed by atoms with Gasteiger partial charge in [-0.15, -0.1) is 0 Å². The van der Waals surface area contributed by atoms with Crippen molar-refractivity contribution >= 4 is 17.8 Å². The lowest BCUT2D eigenvalue weighted by atomic mass is 9.82. The van der Waals surface area contributed by atoms with Gasteiger partial charge < -0.3 is 5.32 Å². The fourth-order valence-corrected chi connectivity index (χ4v) is 2.78. The third-order valence-corrected chi connectivity index (χ3v) is 3.88.